The Bertz CT molecular complexity index is 667. The van der Waals surface area contributed by atoms with Gasteiger partial charge >= 0.3 is 11.9 Å². The first kappa shape index (κ1) is 15.1. The summed E-state index contributed by atoms with van der Waals surface area (Å²) in [5.41, 5.74) is 0.946. The maximum Gasteiger partial charge on any atom is 0.335 e. The molecule has 0 radical (unpaired) electrons. The van der Waals surface area contributed by atoms with Crippen LogP contribution in [0.2, 0.25) is 5.02 Å². The second-order valence-electron chi connectivity index (χ2n) is 4.40. The number of carbonyl (C=O) groups excluding carboxylic acids is 1. The van der Waals surface area contributed by atoms with Gasteiger partial charge < -0.3 is 9.84 Å². The normalized spacial score (nSPS) is 10.1. The summed E-state index contributed by atoms with van der Waals surface area (Å²) in [4.78, 5) is 22.6. The fourth-order valence-corrected chi connectivity index (χ4v) is 2.04. The lowest BCUT2D eigenvalue weighted by atomic mass is 10.1. The smallest absolute Gasteiger partial charge is 0.335 e. The van der Waals surface area contributed by atoms with Crippen molar-refractivity contribution in [1.29, 1.82) is 0 Å². The topological polar surface area (TPSA) is 63.6 Å². The van der Waals surface area contributed by atoms with Gasteiger partial charge in [-0.25, -0.2) is 4.79 Å². The fraction of sp³-hybridized carbons (Fsp3) is 0.125. The summed E-state index contributed by atoms with van der Waals surface area (Å²) in [7, 11) is 0. The molecule has 5 heteroatoms. The molecule has 0 unspecified atom stereocenters. The molecule has 0 fully saturated rings. The van der Waals surface area contributed by atoms with Crippen LogP contribution >= 0.6 is 11.6 Å². The first-order chi connectivity index (χ1) is 10.1. The molecule has 1 N–H and O–H groups in total. The molecule has 0 saturated heterocycles. The van der Waals surface area contributed by atoms with Gasteiger partial charge in [-0.15, -0.1) is 0 Å². The minimum absolute atomic E-state index is 0.0754. The molecule has 2 rings (SSSR count). The van der Waals surface area contributed by atoms with Crippen molar-refractivity contribution >= 4 is 23.5 Å². The Labute approximate surface area is 126 Å². The van der Waals surface area contributed by atoms with Crippen molar-refractivity contribution in [3.63, 3.8) is 0 Å². The Morgan fingerprint density at radius 3 is 2.57 bits per heavy atom. The third kappa shape index (κ3) is 4.33. The van der Waals surface area contributed by atoms with E-state index in [0.717, 1.165) is 5.56 Å². The van der Waals surface area contributed by atoms with Gasteiger partial charge in [-0.3, -0.25) is 4.79 Å². The Morgan fingerprint density at radius 1 is 1.10 bits per heavy atom. The number of ether oxygens (including phenoxy) is 1. The molecular weight excluding hydrogens is 292 g/mol. The molecule has 21 heavy (non-hydrogen) atoms. The number of hydrogen-bond donors (Lipinski definition) is 1. The van der Waals surface area contributed by atoms with Gasteiger partial charge in [-0.1, -0.05) is 35.9 Å². The van der Waals surface area contributed by atoms with E-state index in [1.54, 1.807) is 12.1 Å². The molecule has 0 aromatic heterocycles. The summed E-state index contributed by atoms with van der Waals surface area (Å²) in [5, 5.41) is 9.48. The van der Waals surface area contributed by atoms with Gasteiger partial charge in [0.1, 0.15) is 5.75 Å². The highest BCUT2D eigenvalue weighted by atomic mass is 35.5. The highest BCUT2D eigenvalue weighted by Gasteiger charge is 2.09. The van der Waals surface area contributed by atoms with E-state index in [1.165, 1.54) is 18.2 Å². The van der Waals surface area contributed by atoms with Gasteiger partial charge in [0, 0.05) is 5.02 Å². The van der Waals surface area contributed by atoms with Gasteiger partial charge in [0.05, 0.1) is 12.0 Å². The summed E-state index contributed by atoms with van der Waals surface area (Å²) in [6.07, 6.45) is 0.637. The first-order valence-electron chi connectivity index (χ1n) is 6.33. The summed E-state index contributed by atoms with van der Waals surface area (Å²) >= 11 is 6.01. The number of carboxylic acids is 1. The molecule has 0 aliphatic rings. The molecule has 0 aliphatic carbocycles. The predicted molar refractivity (Wildman–Crippen MR) is 78.8 cm³/mol. The van der Waals surface area contributed by atoms with Crippen LogP contribution in [0.15, 0.2) is 48.5 Å². The molecule has 0 amide bonds. The molecule has 108 valence electrons. The van der Waals surface area contributed by atoms with E-state index in [9.17, 15) is 9.59 Å². The van der Waals surface area contributed by atoms with E-state index in [1.807, 2.05) is 18.2 Å². The van der Waals surface area contributed by atoms with Crippen molar-refractivity contribution < 1.29 is 19.4 Å². The number of carbonyl (C=O) groups is 2. The Kier molecular flexibility index (Phi) is 4.95. The fourth-order valence-electron chi connectivity index (χ4n) is 1.81. The van der Waals surface area contributed by atoms with Crippen LogP contribution in [0.1, 0.15) is 22.3 Å². The van der Waals surface area contributed by atoms with Crippen LogP contribution in [0.3, 0.4) is 0 Å². The zero-order valence-electron chi connectivity index (χ0n) is 11.1. The highest BCUT2D eigenvalue weighted by Crippen LogP contribution is 2.18. The molecule has 0 spiro atoms. The third-order valence-corrected chi connectivity index (χ3v) is 3.24. The van der Waals surface area contributed by atoms with Crippen LogP contribution in [-0.2, 0) is 11.2 Å². The quantitative estimate of drug-likeness (QED) is 0.677. The summed E-state index contributed by atoms with van der Waals surface area (Å²) in [6, 6.07) is 13.1. The zero-order chi connectivity index (χ0) is 15.2. The summed E-state index contributed by atoms with van der Waals surface area (Å²) < 4.78 is 5.12. The maximum absolute atomic E-state index is 11.8. The van der Waals surface area contributed by atoms with Crippen molar-refractivity contribution in [1.82, 2.24) is 0 Å². The van der Waals surface area contributed by atoms with Gasteiger partial charge in [0.25, 0.3) is 0 Å². The third-order valence-electron chi connectivity index (χ3n) is 2.87. The largest absolute Gasteiger partial charge is 0.478 e. The lowest BCUT2D eigenvalue weighted by Gasteiger charge is -2.06. The number of benzene rings is 2. The predicted octanol–water partition coefficient (Wildman–Crippen LogP) is 3.58. The van der Waals surface area contributed by atoms with E-state index in [-0.39, 0.29) is 17.7 Å². The molecule has 2 aromatic rings. The van der Waals surface area contributed by atoms with Gasteiger partial charge in [-0.2, -0.15) is 0 Å². The second kappa shape index (κ2) is 6.90. The molecule has 4 nitrogen and oxygen atoms in total. The number of esters is 1. The van der Waals surface area contributed by atoms with Crippen molar-refractivity contribution in [2.75, 3.05) is 0 Å². The van der Waals surface area contributed by atoms with Crippen LogP contribution in [-0.4, -0.2) is 17.0 Å². The Hall–Kier alpha value is -2.33. The standard InChI is InChI=1S/C16H13ClO4/c17-14-7-2-1-4-11(14)8-9-15(18)21-13-6-3-5-12(10-13)16(19)20/h1-7,10H,8-9H2,(H,19,20). The molecule has 2 aromatic carbocycles. The van der Waals surface area contributed by atoms with E-state index < -0.39 is 11.9 Å². The number of rotatable bonds is 5. The molecule has 0 aliphatic heterocycles. The van der Waals surface area contributed by atoms with E-state index >= 15 is 0 Å². The minimum Gasteiger partial charge on any atom is -0.478 e. The highest BCUT2D eigenvalue weighted by molar-refractivity contribution is 6.31. The van der Waals surface area contributed by atoms with Gasteiger partial charge in [0.15, 0.2) is 0 Å². The van der Waals surface area contributed by atoms with E-state index in [4.69, 9.17) is 21.4 Å². The van der Waals surface area contributed by atoms with Crippen LogP contribution in [0.4, 0.5) is 0 Å². The zero-order valence-corrected chi connectivity index (χ0v) is 11.8. The van der Waals surface area contributed by atoms with Crippen molar-refractivity contribution in [3.05, 3.63) is 64.7 Å². The molecule has 0 heterocycles. The van der Waals surface area contributed by atoms with Crippen LogP contribution < -0.4 is 4.74 Å². The number of carboxylic acid groups (broad SMARTS) is 1. The summed E-state index contributed by atoms with van der Waals surface area (Å²) in [6.45, 7) is 0. The van der Waals surface area contributed by atoms with Gasteiger partial charge in [-0.05, 0) is 36.2 Å². The molecular formula is C16H13ClO4. The number of hydrogen-bond acceptors (Lipinski definition) is 3. The average Bonchev–Trinajstić information content (AvgIpc) is 2.46. The lowest BCUT2D eigenvalue weighted by Crippen LogP contribution is -2.09. The molecule has 0 atom stereocenters. The van der Waals surface area contributed by atoms with Crippen LogP contribution in [0, 0.1) is 0 Å². The van der Waals surface area contributed by atoms with E-state index in [0.29, 0.717) is 11.4 Å². The Balaban J connectivity index is 1.95. The number of halogens is 1. The Morgan fingerprint density at radius 2 is 1.86 bits per heavy atom. The van der Waals surface area contributed by atoms with Crippen molar-refractivity contribution in [2.45, 2.75) is 12.8 Å². The maximum atomic E-state index is 11.8. The van der Waals surface area contributed by atoms with Crippen molar-refractivity contribution in [3.8, 4) is 5.75 Å². The SMILES string of the molecule is O=C(CCc1ccccc1Cl)Oc1cccc(C(=O)O)c1. The van der Waals surface area contributed by atoms with Crippen LogP contribution in [0.25, 0.3) is 0 Å². The van der Waals surface area contributed by atoms with E-state index in [2.05, 4.69) is 0 Å². The first-order valence-corrected chi connectivity index (χ1v) is 6.71. The second-order valence-corrected chi connectivity index (χ2v) is 4.81. The molecule has 0 bridgehead atoms. The lowest BCUT2D eigenvalue weighted by molar-refractivity contribution is -0.134. The molecule has 0 saturated carbocycles. The monoisotopic (exact) mass is 304 g/mol. The minimum atomic E-state index is -1.07. The summed E-state index contributed by atoms with van der Waals surface area (Å²) in [5.74, 6) is -1.28. The van der Waals surface area contributed by atoms with Crippen molar-refractivity contribution in [2.24, 2.45) is 0 Å². The van der Waals surface area contributed by atoms with Crippen LogP contribution in [0.5, 0.6) is 5.75 Å². The number of aryl methyl sites for hydroxylation is 1. The average molecular weight is 305 g/mol. The number of aromatic carboxylic acids is 1. The van der Waals surface area contributed by atoms with Gasteiger partial charge in [0.2, 0.25) is 0 Å².